The maximum Gasteiger partial charge on any atom is 0.295 e. The van der Waals surface area contributed by atoms with Gasteiger partial charge in [-0.05, 0) is 41.3 Å². The summed E-state index contributed by atoms with van der Waals surface area (Å²) >= 11 is 1.60. The number of aromatic nitrogens is 1. The van der Waals surface area contributed by atoms with Crippen molar-refractivity contribution in [3.8, 4) is 16.3 Å². The molecule has 33 heavy (non-hydrogen) atoms. The van der Waals surface area contributed by atoms with Gasteiger partial charge in [-0.2, -0.15) is 0 Å². The van der Waals surface area contributed by atoms with E-state index in [-0.39, 0.29) is 24.9 Å². The summed E-state index contributed by atoms with van der Waals surface area (Å²) in [6.07, 6.45) is 1.52. The summed E-state index contributed by atoms with van der Waals surface area (Å²) in [4.78, 5) is 46.1. The van der Waals surface area contributed by atoms with Crippen LogP contribution in [0, 0.1) is 11.8 Å². The molecule has 1 fully saturated rings. The van der Waals surface area contributed by atoms with Gasteiger partial charge in [-0.3, -0.25) is 19.3 Å². The molecule has 3 aromatic rings. The van der Waals surface area contributed by atoms with E-state index in [2.05, 4.69) is 4.98 Å². The number of aliphatic hydroxyl groups excluding tert-OH is 1. The van der Waals surface area contributed by atoms with Crippen LogP contribution in [0.2, 0.25) is 0 Å². The number of carbonyl (C=O) groups is 3. The second-order valence-electron chi connectivity index (χ2n) is 8.01. The van der Waals surface area contributed by atoms with E-state index in [0.717, 1.165) is 10.4 Å². The fourth-order valence-corrected chi connectivity index (χ4v) is 4.76. The van der Waals surface area contributed by atoms with Crippen LogP contribution < -0.4 is 9.64 Å². The molecule has 4 rings (SSSR count). The number of ether oxygens (including phenoxy) is 1. The number of pyridine rings is 1. The quantitative estimate of drug-likeness (QED) is 0.404. The predicted octanol–water partition coefficient (Wildman–Crippen LogP) is 3.68. The molecular formula is C25H24N2O5S. The Morgan fingerprint density at radius 1 is 1.15 bits per heavy atom. The van der Waals surface area contributed by atoms with E-state index < -0.39 is 29.6 Å². The first-order valence-electron chi connectivity index (χ1n) is 10.7. The van der Waals surface area contributed by atoms with E-state index in [0.29, 0.717) is 11.3 Å². The van der Waals surface area contributed by atoms with E-state index in [1.807, 2.05) is 29.6 Å². The summed E-state index contributed by atoms with van der Waals surface area (Å²) in [5.74, 6) is -3.21. The van der Waals surface area contributed by atoms with Crippen molar-refractivity contribution in [2.24, 2.45) is 11.8 Å². The maximum atomic E-state index is 13.2. The molecule has 0 spiro atoms. The normalized spacial score (nSPS) is 18.2. The van der Waals surface area contributed by atoms with Crippen molar-refractivity contribution >= 4 is 34.5 Å². The monoisotopic (exact) mass is 464 g/mol. The number of benzene rings is 1. The molecule has 1 saturated heterocycles. The lowest BCUT2D eigenvalue weighted by atomic mass is 9.85. The van der Waals surface area contributed by atoms with Gasteiger partial charge in [0.15, 0.2) is 0 Å². The number of thiophene rings is 1. The summed E-state index contributed by atoms with van der Waals surface area (Å²) in [5, 5.41) is 11.2. The van der Waals surface area contributed by atoms with Crippen molar-refractivity contribution in [2.75, 3.05) is 18.1 Å². The molecule has 1 aromatic carbocycles. The highest BCUT2D eigenvalue weighted by atomic mass is 32.1. The maximum absolute atomic E-state index is 13.2. The molecule has 2 unspecified atom stereocenters. The van der Waals surface area contributed by atoms with Gasteiger partial charge in [0.2, 0.25) is 11.7 Å². The number of hydrogen-bond acceptors (Lipinski definition) is 7. The number of aliphatic hydroxyl groups is 1. The third kappa shape index (κ3) is 4.31. The number of Topliss-reactive ketones (excluding diaryl/α,β-unsaturated/α-hetero) is 2. The van der Waals surface area contributed by atoms with Gasteiger partial charge in [0.1, 0.15) is 18.3 Å². The Hall–Kier alpha value is -3.36. The molecule has 2 atom stereocenters. The van der Waals surface area contributed by atoms with Crippen LogP contribution >= 0.6 is 11.3 Å². The van der Waals surface area contributed by atoms with Crippen molar-refractivity contribution in [3.63, 3.8) is 0 Å². The summed E-state index contributed by atoms with van der Waals surface area (Å²) in [6.45, 7) is 3.20. The second-order valence-corrected chi connectivity index (χ2v) is 8.96. The fourth-order valence-electron chi connectivity index (χ4n) is 4.03. The molecule has 1 aliphatic heterocycles. The lowest BCUT2D eigenvalue weighted by molar-refractivity contribution is -0.139. The molecule has 8 heteroatoms. The highest BCUT2D eigenvalue weighted by Gasteiger charge is 2.53. The van der Waals surface area contributed by atoms with E-state index in [4.69, 9.17) is 4.74 Å². The van der Waals surface area contributed by atoms with Gasteiger partial charge < -0.3 is 9.84 Å². The summed E-state index contributed by atoms with van der Waals surface area (Å²) in [5.41, 5.74) is 1.95. The lowest BCUT2D eigenvalue weighted by Crippen LogP contribution is -2.32. The molecule has 1 aliphatic rings. The van der Waals surface area contributed by atoms with Crippen LogP contribution in [0.3, 0.4) is 0 Å². The summed E-state index contributed by atoms with van der Waals surface area (Å²) < 4.78 is 5.59. The van der Waals surface area contributed by atoms with E-state index in [1.54, 1.807) is 49.4 Å². The molecular weight excluding hydrogens is 440 g/mol. The number of carbonyl (C=O) groups excluding carboxylic acids is 3. The molecule has 1 amide bonds. The lowest BCUT2D eigenvalue weighted by Gasteiger charge is -2.28. The number of nitrogens with zero attached hydrogens (tertiary/aromatic N) is 2. The first-order chi connectivity index (χ1) is 15.9. The fraction of sp³-hybridized carbons (Fsp3) is 0.280. The minimum Gasteiger partial charge on any atom is -0.475 e. The van der Waals surface area contributed by atoms with Crippen molar-refractivity contribution in [1.82, 2.24) is 4.98 Å². The molecule has 7 nitrogen and oxygen atoms in total. The third-order valence-electron chi connectivity index (χ3n) is 5.58. The zero-order valence-corrected chi connectivity index (χ0v) is 19.1. The average Bonchev–Trinajstić information content (AvgIpc) is 3.45. The Bertz CT molecular complexity index is 1160. The van der Waals surface area contributed by atoms with Crippen LogP contribution in [-0.2, 0) is 14.4 Å². The highest BCUT2D eigenvalue weighted by Crippen LogP contribution is 2.44. The number of amides is 1. The Morgan fingerprint density at radius 3 is 2.55 bits per heavy atom. The van der Waals surface area contributed by atoms with Gasteiger partial charge in [0.25, 0.3) is 5.91 Å². The standard InChI is InChI=1S/C25H24N2O5S/c1-15(2)22(29)20-21(18-5-3-11-26-24(18)32-13-12-28)27(25(31)23(20)30)17-9-7-16(8-10-17)19-6-4-14-33-19/h3-11,14-15,20-21,28H,12-13H2,1-2H3. The number of rotatable bonds is 8. The third-order valence-corrected chi connectivity index (χ3v) is 6.50. The number of hydrogen-bond donors (Lipinski definition) is 1. The van der Waals surface area contributed by atoms with Gasteiger partial charge in [0.05, 0.1) is 12.6 Å². The van der Waals surface area contributed by atoms with Gasteiger partial charge >= 0.3 is 0 Å². The topological polar surface area (TPSA) is 96.8 Å². The number of ketones is 2. The van der Waals surface area contributed by atoms with Crippen LogP contribution in [0.4, 0.5) is 5.69 Å². The SMILES string of the molecule is CC(C)C(=O)C1C(=O)C(=O)N(c2ccc(-c3cccs3)cc2)C1c1cccnc1OCCO. The summed E-state index contributed by atoms with van der Waals surface area (Å²) in [6, 6.07) is 13.8. The zero-order chi connectivity index (χ0) is 23.5. The Labute approximate surface area is 195 Å². The Morgan fingerprint density at radius 2 is 1.91 bits per heavy atom. The molecule has 0 saturated carbocycles. The number of anilines is 1. The molecule has 0 radical (unpaired) electrons. The van der Waals surface area contributed by atoms with Gasteiger partial charge in [-0.15, -0.1) is 11.3 Å². The average molecular weight is 465 g/mol. The zero-order valence-electron chi connectivity index (χ0n) is 18.3. The van der Waals surface area contributed by atoms with Crippen LogP contribution in [0.1, 0.15) is 25.5 Å². The van der Waals surface area contributed by atoms with Crippen molar-refractivity contribution < 1.29 is 24.2 Å². The molecule has 3 heterocycles. The van der Waals surface area contributed by atoms with E-state index >= 15 is 0 Å². The first kappa shape index (κ1) is 22.8. The first-order valence-corrected chi connectivity index (χ1v) is 11.6. The van der Waals surface area contributed by atoms with Gasteiger partial charge in [-0.1, -0.05) is 32.0 Å². The van der Waals surface area contributed by atoms with Crippen molar-refractivity contribution in [2.45, 2.75) is 19.9 Å². The second kappa shape index (κ2) is 9.64. The van der Waals surface area contributed by atoms with Gasteiger partial charge in [0, 0.05) is 28.2 Å². The molecule has 1 N–H and O–H groups in total. The van der Waals surface area contributed by atoms with Crippen LogP contribution in [0.25, 0.3) is 10.4 Å². The molecule has 170 valence electrons. The van der Waals surface area contributed by atoms with Crippen LogP contribution in [0.5, 0.6) is 5.88 Å². The van der Waals surface area contributed by atoms with Crippen LogP contribution in [0.15, 0.2) is 60.1 Å². The predicted molar refractivity (Wildman–Crippen MR) is 125 cm³/mol. The smallest absolute Gasteiger partial charge is 0.295 e. The van der Waals surface area contributed by atoms with E-state index in [9.17, 15) is 19.5 Å². The minimum atomic E-state index is -1.17. The van der Waals surface area contributed by atoms with Gasteiger partial charge in [-0.25, -0.2) is 4.98 Å². The van der Waals surface area contributed by atoms with E-state index in [1.165, 1.54) is 11.1 Å². The summed E-state index contributed by atoms with van der Waals surface area (Å²) in [7, 11) is 0. The molecule has 0 bridgehead atoms. The highest BCUT2D eigenvalue weighted by molar-refractivity contribution is 7.13. The Kier molecular flexibility index (Phi) is 6.67. The van der Waals surface area contributed by atoms with Crippen molar-refractivity contribution in [1.29, 1.82) is 0 Å². The van der Waals surface area contributed by atoms with Crippen LogP contribution in [-0.4, -0.2) is 40.8 Å². The molecule has 0 aliphatic carbocycles. The largest absolute Gasteiger partial charge is 0.475 e. The molecule has 2 aromatic heterocycles. The van der Waals surface area contributed by atoms with Crippen molar-refractivity contribution in [3.05, 3.63) is 65.7 Å². The Balaban J connectivity index is 1.82. The minimum absolute atomic E-state index is 0.00305.